The van der Waals surface area contributed by atoms with Crippen LogP contribution in [-0.2, 0) is 6.54 Å². The molecule has 4 nitrogen and oxygen atoms in total. The molecular weight excluding hydrogens is 262 g/mol. The number of ether oxygens (including phenoxy) is 1. The number of nitrogens with zero attached hydrogens (tertiary/aromatic N) is 2. The summed E-state index contributed by atoms with van der Waals surface area (Å²) in [6.45, 7) is 4.00. The van der Waals surface area contributed by atoms with E-state index in [2.05, 4.69) is 17.6 Å². The van der Waals surface area contributed by atoms with E-state index in [0.29, 0.717) is 11.8 Å². The van der Waals surface area contributed by atoms with Crippen LogP contribution in [0.5, 0.6) is 5.75 Å². The summed E-state index contributed by atoms with van der Waals surface area (Å²) >= 11 is 0. The van der Waals surface area contributed by atoms with Crippen molar-refractivity contribution < 1.29 is 4.74 Å². The quantitative estimate of drug-likeness (QED) is 0.918. The van der Waals surface area contributed by atoms with Gasteiger partial charge in [0.15, 0.2) is 0 Å². The van der Waals surface area contributed by atoms with Crippen LogP contribution in [0, 0.1) is 5.92 Å². The van der Waals surface area contributed by atoms with Gasteiger partial charge < -0.3 is 15.0 Å². The number of benzene rings is 1. The Morgan fingerprint density at radius 2 is 2.24 bits per heavy atom. The van der Waals surface area contributed by atoms with Crippen LogP contribution in [0.15, 0.2) is 18.2 Å². The summed E-state index contributed by atoms with van der Waals surface area (Å²) in [6, 6.07) is 6.19. The lowest BCUT2D eigenvalue weighted by molar-refractivity contribution is 0.415. The van der Waals surface area contributed by atoms with Crippen molar-refractivity contribution in [1.82, 2.24) is 9.55 Å². The van der Waals surface area contributed by atoms with Gasteiger partial charge in [-0.1, -0.05) is 13.3 Å². The molecule has 0 amide bonds. The number of aryl methyl sites for hydroxylation is 1. The Balaban J connectivity index is 2.09. The molecule has 1 aliphatic rings. The zero-order valence-corrected chi connectivity index (χ0v) is 13.0. The summed E-state index contributed by atoms with van der Waals surface area (Å²) < 4.78 is 7.73. The van der Waals surface area contributed by atoms with Crippen LogP contribution < -0.4 is 10.5 Å². The van der Waals surface area contributed by atoms with Gasteiger partial charge in [0, 0.05) is 18.5 Å². The van der Waals surface area contributed by atoms with E-state index < -0.39 is 0 Å². The fourth-order valence-electron chi connectivity index (χ4n) is 3.66. The first kappa shape index (κ1) is 14.4. The van der Waals surface area contributed by atoms with Gasteiger partial charge in [0.2, 0.25) is 0 Å². The summed E-state index contributed by atoms with van der Waals surface area (Å²) in [4.78, 5) is 4.95. The van der Waals surface area contributed by atoms with Crippen LogP contribution in [0.4, 0.5) is 0 Å². The summed E-state index contributed by atoms with van der Waals surface area (Å²) in [5, 5.41) is 0. The van der Waals surface area contributed by atoms with Crippen molar-refractivity contribution in [3.8, 4) is 5.75 Å². The van der Waals surface area contributed by atoms with Crippen molar-refractivity contribution in [3.63, 3.8) is 0 Å². The molecule has 0 spiro atoms. The third-order valence-corrected chi connectivity index (χ3v) is 4.73. The summed E-state index contributed by atoms with van der Waals surface area (Å²) in [6.07, 6.45) is 4.83. The Morgan fingerprint density at radius 1 is 1.38 bits per heavy atom. The third-order valence-electron chi connectivity index (χ3n) is 4.73. The lowest BCUT2D eigenvalue weighted by Crippen LogP contribution is -2.20. The highest BCUT2D eigenvalue weighted by molar-refractivity contribution is 5.78. The molecular formula is C17H25N3O. The van der Waals surface area contributed by atoms with Gasteiger partial charge in [-0.3, -0.25) is 0 Å². The van der Waals surface area contributed by atoms with Crippen LogP contribution in [0.2, 0.25) is 0 Å². The monoisotopic (exact) mass is 287 g/mol. The maximum Gasteiger partial charge on any atom is 0.121 e. The summed E-state index contributed by atoms with van der Waals surface area (Å²) in [7, 11) is 1.70. The van der Waals surface area contributed by atoms with E-state index in [1.165, 1.54) is 30.6 Å². The molecule has 0 radical (unpaired) electrons. The Kier molecular flexibility index (Phi) is 4.15. The second-order valence-electron chi connectivity index (χ2n) is 6.01. The predicted octanol–water partition coefficient (Wildman–Crippen LogP) is 3.30. The highest BCUT2D eigenvalue weighted by atomic mass is 16.5. The predicted molar refractivity (Wildman–Crippen MR) is 85.7 cm³/mol. The van der Waals surface area contributed by atoms with Crippen LogP contribution in [0.1, 0.15) is 44.3 Å². The molecule has 1 aromatic carbocycles. The third kappa shape index (κ3) is 2.53. The molecule has 1 fully saturated rings. The van der Waals surface area contributed by atoms with Crippen molar-refractivity contribution >= 4 is 11.0 Å². The van der Waals surface area contributed by atoms with E-state index >= 15 is 0 Å². The highest BCUT2D eigenvalue weighted by Gasteiger charge is 2.31. The average Bonchev–Trinajstić information content (AvgIpc) is 3.11. The van der Waals surface area contributed by atoms with Crippen molar-refractivity contribution in [2.24, 2.45) is 11.7 Å². The van der Waals surface area contributed by atoms with Crippen molar-refractivity contribution in [1.29, 1.82) is 0 Å². The van der Waals surface area contributed by atoms with Crippen LogP contribution in [0.25, 0.3) is 11.0 Å². The molecule has 1 aliphatic carbocycles. The lowest BCUT2D eigenvalue weighted by Gasteiger charge is -2.19. The smallest absolute Gasteiger partial charge is 0.121 e. The largest absolute Gasteiger partial charge is 0.497 e. The number of fused-ring (bicyclic) bond motifs is 1. The number of methoxy groups -OCH3 is 1. The van der Waals surface area contributed by atoms with Gasteiger partial charge in [-0.2, -0.15) is 0 Å². The topological polar surface area (TPSA) is 53.1 Å². The number of imidazole rings is 1. The molecule has 1 aromatic heterocycles. The first-order valence-corrected chi connectivity index (χ1v) is 8.02. The van der Waals surface area contributed by atoms with Crippen molar-refractivity contribution in [2.75, 3.05) is 13.7 Å². The number of hydrogen-bond donors (Lipinski definition) is 1. The zero-order valence-electron chi connectivity index (χ0n) is 13.0. The Hall–Kier alpha value is -1.55. The van der Waals surface area contributed by atoms with E-state index in [4.69, 9.17) is 15.5 Å². The van der Waals surface area contributed by atoms with Crippen molar-refractivity contribution in [3.05, 3.63) is 24.0 Å². The van der Waals surface area contributed by atoms with Gasteiger partial charge in [-0.25, -0.2) is 4.98 Å². The molecule has 1 heterocycles. The molecule has 4 heteroatoms. The van der Waals surface area contributed by atoms with E-state index in [-0.39, 0.29) is 0 Å². The first-order valence-electron chi connectivity index (χ1n) is 8.02. The minimum absolute atomic E-state index is 0.514. The first-order chi connectivity index (χ1) is 10.3. The molecule has 0 bridgehead atoms. The van der Waals surface area contributed by atoms with E-state index in [1.54, 1.807) is 7.11 Å². The normalized spacial score (nSPS) is 22.0. The minimum Gasteiger partial charge on any atom is -0.497 e. The molecule has 0 aliphatic heterocycles. The van der Waals surface area contributed by atoms with E-state index in [1.807, 2.05) is 12.1 Å². The van der Waals surface area contributed by atoms with Crippen molar-refractivity contribution in [2.45, 2.75) is 45.1 Å². The Morgan fingerprint density at radius 3 is 2.95 bits per heavy atom. The van der Waals surface area contributed by atoms with Gasteiger partial charge in [0.05, 0.1) is 18.1 Å². The van der Waals surface area contributed by atoms with Crippen LogP contribution in [0.3, 0.4) is 0 Å². The van der Waals surface area contributed by atoms with Crippen LogP contribution >= 0.6 is 0 Å². The number of hydrogen-bond acceptors (Lipinski definition) is 3. The molecule has 0 saturated heterocycles. The fraction of sp³-hybridized carbons (Fsp3) is 0.588. The molecule has 2 atom stereocenters. The Labute approximate surface area is 126 Å². The minimum atomic E-state index is 0.514. The molecule has 114 valence electrons. The molecule has 1 saturated carbocycles. The average molecular weight is 287 g/mol. The fourth-order valence-corrected chi connectivity index (χ4v) is 3.66. The van der Waals surface area contributed by atoms with Gasteiger partial charge in [-0.05, 0) is 43.9 Å². The second kappa shape index (κ2) is 6.06. The lowest BCUT2D eigenvalue weighted by atomic mass is 9.95. The molecule has 3 rings (SSSR count). The number of nitrogens with two attached hydrogens (primary N) is 1. The van der Waals surface area contributed by atoms with Gasteiger partial charge in [0.1, 0.15) is 11.6 Å². The zero-order chi connectivity index (χ0) is 14.8. The van der Waals surface area contributed by atoms with Gasteiger partial charge in [0.25, 0.3) is 0 Å². The second-order valence-corrected chi connectivity index (χ2v) is 6.01. The summed E-state index contributed by atoms with van der Waals surface area (Å²) in [5.41, 5.74) is 8.23. The van der Waals surface area contributed by atoms with E-state index in [9.17, 15) is 0 Å². The standard InChI is InChI=1S/C17H25N3O/c1-3-9-20-16-8-7-13(21-2)10-15(16)19-17(20)14-6-4-5-12(14)11-18/h7-8,10,12,14H,3-6,9,11,18H2,1-2H3. The number of aromatic nitrogens is 2. The maximum absolute atomic E-state index is 5.97. The van der Waals surface area contributed by atoms with Crippen LogP contribution in [-0.4, -0.2) is 23.2 Å². The van der Waals surface area contributed by atoms with Gasteiger partial charge >= 0.3 is 0 Å². The SMILES string of the molecule is CCCn1c(C2CCCC2CN)nc2cc(OC)ccc21. The molecule has 21 heavy (non-hydrogen) atoms. The van der Waals surface area contributed by atoms with Gasteiger partial charge in [-0.15, -0.1) is 0 Å². The summed E-state index contributed by atoms with van der Waals surface area (Å²) in [5.74, 6) is 3.20. The molecule has 2 unspecified atom stereocenters. The maximum atomic E-state index is 5.97. The molecule has 2 aromatic rings. The number of rotatable bonds is 5. The highest BCUT2D eigenvalue weighted by Crippen LogP contribution is 2.40. The Bertz CT molecular complexity index is 620. The van der Waals surface area contributed by atoms with E-state index in [0.717, 1.165) is 30.8 Å². The molecule has 2 N–H and O–H groups in total.